The fourth-order valence-electron chi connectivity index (χ4n) is 1.84. The number of benzene rings is 2. The molecule has 0 fully saturated rings. The van der Waals surface area contributed by atoms with E-state index < -0.39 is 5.97 Å². The fraction of sp³-hybridized carbons (Fsp3) is 0.0625. The van der Waals surface area contributed by atoms with E-state index in [-0.39, 0.29) is 18.4 Å². The largest absolute Gasteiger partial charge is 0.452 e. The molecular formula is C16H11ClN2O3. The molecule has 6 heteroatoms. The van der Waals surface area contributed by atoms with Gasteiger partial charge in [-0.25, -0.2) is 4.79 Å². The molecule has 5 nitrogen and oxygen atoms in total. The minimum Gasteiger partial charge on any atom is -0.452 e. The number of nitrogens with zero attached hydrogens (tertiary/aromatic N) is 2. The SMILES string of the molecule is O=C(OCc1nnc(-c2ccccc2Cl)o1)c1ccccc1. The van der Waals surface area contributed by atoms with Gasteiger partial charge in [-0.2, -0.15) is 0 Å². The molecule has 1 heterocycles. The number of rotatable bonds is 4. The van der Waals surface area contributed by atoms with Gasteiger partial charge in [-0.1, -0.05) is 41.9 Å². The third-order valence-corrected chi connectivity index (χ3v) is 3.24. The van der Waals surface area contributed by atoms with Crippen molar-refractivity contribution >= 4 is 17.6 Å². The summed E-state index contributed by atoms with van der Waals surface area (Å²) in [6.45, 7) is -0.0921. The lowest BCUT2D eigenvalue weighted by molar-refractivity contribution is 0.0438. The number of hydrogen-bond acceptors (Lipinski definition) is 5. The molecule has 0 aliphatic carbocycles. The first kappa shape index (κ1) is 14.3. The molecule has 3 aromatic rings. The highest BCUT2D eigenvalue weighted by Gasteiger charge is 2.13. The molecular weight excluding hydrogens is 304 g/mol. The van der Waals surface area contributed by atoms with Crippen molar-refractivity contribution in [1.82, 2.24) is 10.2 Å². The van der Waals surface area contributed by atoms with E-state index in [4.69, 9.17) is 20.8 Å². The summed E-state index contributed by atoms with van der Waals surface area (Å²) in [6, 6.07) is 15.8. The number of esters is 1. The molecule has 0 spiro atoms. The van der Waals surface area contributed by atoms with Crippen LogP contribution in [0, 0.1) is 0 Å². The predicted molar refractivity (Wildman–Crippen MR) is 80.3 cm³/mol. The van der Waals surface area contributed by atoms with Crippen molar-refractivity contribution in [2.75, 3.05) is 0 Å². The first-order valence-corrected chi connectivity index (χ1v) is 6.91. The van der Waals surface area contributed by atoms with Crippen LogP contribution in [-0.2, 0) is 11.3 Å². The van der Waals surface area contributed by atoms with Crippen molar-refractivity contribution in [1.29, 1.82) is 0 Å². The number of ether oxygens (including phenoxy) is 1. The van der Waals surface area contributed by atoms with Gasteiger partial charge in [0, 0.05) is 0 Å². The second-order valence-corrected chi connectivity index (χ2v) is 4.83. The van der Waals surface area contributed by atoms with Crippen LogP contribution in [0.3, 0.4) is 0 Å². The van der Waals surface area contributed by atoms with Crippen molar-refractivity contribution in [2.45, 2.75) is 6.61 Å². The second kappa shape index (κ2) is 6.41. The van der Waals surface area contributed by atoms with Crippen LogP contribution < -0.4 is 0 Å². The topological polar surface area (TPSA) is 65.2 Å². The van der Waals surface area contributed by atoms with Crippen molar-refractivity contribution in [3.63, 3.8) is 0 Å². The number of halogens is 1. The normalized spacial score (nSPS) is 10.4. The molecule has 0 unspecified atom stereocenters. The van der Waals surface area contributed by atoms with E-state index in [1.807, 2.05) is 18.2 Å². The highest BCUT2D eigenvalue weighted by atomic mass is 35.5. The molecule has 2 aromatic carbocycles. The van der Waals surface area contributed by atoms with Gasteiger partial charge in [-0.05, 0) is 24.3 Å². The molecule has 0 saturated carbocycles. The Bertz CT molecular complexity index is 787. The van der Waals surface area contributed by atoms with E-state index >= 15 is 0 Å². The Morgan fingerprint density at radius 2 is 1.77 bits per heavy atom. The minimum absolute atomic E-state index is 0.0921. The highest BCUT2D eigenvalue weighted by Crippen LogP contribution is 2.26. The smallest absolute Gasteiger partial charge is 0.338 e. The van der Waals surface area contributed by atoms with E-state index in [2.05, 4.69) is 10.2 Å². The van der Waals surface area contributed by atoms with Gasteiger partial charge in [-0.3, -0.25) is 0 Å². The summed E-state index contributed by atoms with van der Waals surface area (Å²) in [6.07, 6.45) is 0. The Labute approximate surface area is 131 Å². The zero-order valence-electron chi connectivity index (χ0n) is 11.4. The van der Waals surface area contributed by atoms with Crippen LogP contribution in [0.4, 0.5) is 0 Å². The van der Waals surface area contributed by atoms with Gasteiger partial charge in [-0.15, -0.1) is 10.2 Å². The Balaban J connectivity index is 1.68. The molecule has 0 amide bonds. The maximum absolute atomic E-state index is 11.8. The van der Waals surface area contributed by atoms with Crippen LogP contribution >= 0.6 is 11.6 Å². The maximum Gasteiger partial charge on any atom is 0.338 e. The number of aromatic nitrogens is 2. The Hall–Kier alpha value is -2.66. The number of carbonyl (C=O) groups excluding carboxylic acids is 1. The van der Waals surface area contributed by atoms with Gasteiger partial charge in [0.05, 0.1) is 16.1 Å². The van der Waals surface area contributed by atoms with Crippen molar-refractivity contribution in [2.24, 2.45) is 0 Å². The van der Waals surface area contributed by atoms with E-state index in [9.17, 15) is 4.79 Å². The minimum atomic E-state index is -0.446. The van der Waals surface area contributed by atoms with Crippen molar-refractivity contribution in [3.8, 4) is 11.5 Å². The Morgan fingerprint density at radius 3 is 2.55 bits per heavy atom. The predicted octanol–water partition coefficient (Wildman–Crippen LogP) is 3.75. The number of carbonyl (C=O) groups is 1. The molecule has 3 rings (SSSR count). The summed E-state index contributed by atoms with van der Waals surface area (Å²) in [4.78, 5) is 11.8. The van der Waals surface area contributed by atoms with Gasteiger partial charge in [0.25, 0.3) is 5.89 Å². The molecule has 0 aliphatic heterocycles. The third kappa shape index (κ3) is 3.15. The monoisotopic (exact) mass is 314 g/mol. The summed E-state index contributed by atoms with van der Waals surface area (Å²) >= 11 is 6.06. The summed E-state index contributed by atoms with van der Waals surface area (Å²) in [7, 11) is 0. The molecule has 0 aliphatic rings. The molecule has 0 radical (unpaired) electrons. The quantitative estimate of drug-likeness (QED) is 0.686. The van der Waals surface area contributed by atoms with Gasteiger partial charge >= 0.3 is 5.97 Å². The zero-order valence-corrected chi connectivity index (χ0v) is 12.2. The van der Waals surface area contributed by atoms with Crippen LogP contribution in [0.1, 0.15) is 16.2 Å². The average molecular weight is 315 g/mol. The Morgan fingerprint density at radius 1 is 1.05 bits per heavy atom. The van der Waals surface area contributed by atoms with E-state index in [0.717, 1.165) is 0 Å². The first-order valence-electron chi connectivity index (χ1n) is 6.53. The standard InChI is InChI=1S/C16H11ClN2O3/c17-13-9-5-4-8-12(13)15-19-18-14(22-15)10-21-16(20)11-6-2-1-3-7-11/h1-9H,10H2. The van der Waals surface area contributed by atoms with E-state index in [1.54, 1.807) is 36.4 Å². The molecule has 1 aromatic heterocycles. The third-order valence-electron chi connectivity index (χ3n) is 2.91. The molecule has 0 saturated heterocycles. The lowest BCUT2D eigenvalue weighted by Crippen LogP contribution is -2.05. The van der Waals surface area contributed by atoms with Crippen molar-refractivity contribution < 1.29 is 13.9 Å². The van der Waals surface area contributed by atoms with Crippen LogP contribution in [0.2, 0.25) is 5.02 Å². The summed E-state index contributed by atoms with van der Waals surface area (Å²) in [5.41, 5.74) is 1.10. The van der Waals surface area contributed by atoms with Gasteiger partial charge in [0.15, 0.2) is 6.61 Å². The summed E-state index contributed by atoms with van der Waals surface area (Å²) in [5, 5.41) is 8.27. The molecule has 22 heavy (non-hydrogen) atoms. The second-order valence-electron chi connectivity index (χ2n) is 4.42. The zero-order chi connectivity index (χ0) is 15.4. The summed E-state index contributed by atoms with van der Waals surface area (Å²) in [5.74, 6) is 0.0497. The number of hydrogen-bond donors (Lipinski definition) is 0. The lowest BCUT2D eigenvalue weighted by atomic mass is 10.2. The maximum atomic E-state index is 11.8. The van der Waals surface area contributed by atoms with Gasteiger partial charge < -0.3 is 9.15 Å². The molecule has 0 atom stereocenters. The fourth-order valence-corrected chi connectivity index (χ4v) is 2.06. The summed E-state index contributed by atoms with van der Waals surface area (Å²) < 4.78 is 10.6. The first-order chi connectivity index (χ1) is 10.7. The van der Waals surface area contributed by atoms with E-state index in [1.165, 1.54) is 0 Å². The van der Waals surface area contributed by atoms with Gasteiger partial charge in [0.2, 0.25) is 5.89 Å². The highest BCUT2D eigenvalue weighted by molar-refractivity contribution is 6.33. The lowest BCUT2D eigenvalue weighted by Gasteiger charge is -2.01. The van der Waals surface area contributed by atoms with Crippen LogP contribution in [0.5, 0.6) is 0 Å². The van der Waals surface area contributed by atoms with Crippen LogP contribution in [0.25, 0.3) is 11.5 Å². The van der Waals surface area contributed by atoms with Crippen LogP contribution in [-0.4, -0.2) is 16.2 Å². The average Bonchev–Trinajstić information content (AvgIpc) is 3.02. The van der Waals surface area contributed by atoms with Crippen molar-refractivity contribution in [3.05, 3.63) is 71.1 Å². The van der Waals surface area contributed by atoms with E-state index in [0.29, 0.717) is 16.1 Å². The molecule has 110 valence electrons. The van der Waals surface area contributed by atoms with Crippen LogP contribution in [0.15, 0.2) is 59.0 Å². The Kier molecular flexibility index (Phi) is 4.16. The van der Waals surface area contributed by atoms with Gasteiger partial charge in [0.1, 0.15) is 0 Å². The molecule has 0 N–H and O–H groups in total. The molecule has 0 bridgehead atoms.